The summed E-state index contributed by atoms with van der Waals surface area (Å²) in [5.74, 6) is -0.416. The number of hydrazone groups is 1. The van der Waals surface area contributed by atoms with E-state index in [-0.39, 0.29) is 10.7 Å². The van der Waals surface area contributed by atoms with Crippen molar-refractivity contribution in [1.82, 2.24) is 0 Å². The van der Waals surface area contributed by atoms with E-state index in [9.17, 15) is 35.8 Å². The highest BCUT2D eigenvalue weighted by Gasteiger charge is 2.74. The quantitative estimate of drug-likeness (QED) is 0.352. The minimum Gasteiger partial charge on any atom is -0.369 e. The van der Waals surface area contributed by atoms with Gasteiger partial charge >= 0.3 is 12.4 Å². The molecule has 3 nitrogen and oxygen atoms in total. The third-order valence-corrected chi connectivity index (χ3v) is 6.36. The summed E-state index contributed by atoms with van der Waals surface area (Å²) in [7, 11) is 0. The summed E-state index contributed by atoms with van der Waals surface area (Å²) in [6.07, 6.45) is -13.0. The van der Waals surface area contributed by atoms with Crippen LogP contribution in [0.25, 0.3) is 11.1 Å². The molecule has 190 valence electrons. The molecule has 3 aromatic carbocycles. The molecule has 11 heteroatoms. The Morgan fingerprint density at radius 3 is 2.08 bits per heavy atom. The molecule has 3 aromatic rings. The molecule has 1 unspecified atom stereocenters. The van der Waals surface area contributed by atoms with Crippen LogP contribution in [0.3, 0.4) is 0 Å². The molecule has 0 aliphatic carbocycles. The highest BCUT2D eigenvalue weighted by Crippen LogP contribution is 2.49. The molecule has 0 spiro atoms. The van der Waals surface area contributed by atoms with Gasteiger partial charge in [0.2, 0.25) is 0 Å². The van der Waals surface area contributed by atoms with E-state index in [0.29, 0.717) is 22.3 Å². The van der Waals surface area contributed by atoms with Crippen molar-refractivity contribution in [3.63, 3.8) is 0 Å². The second-order valence-corrected chi connectivity index (χ2v) is 8.76. The maximum Gasteiger partial charge on any atom is 0.431 e. The topological polar surface area (TPSA) is 35.8 Å². The van der Waals surface area contributed by atoms with Crippen LogP contribution in [0.4, 0.5) is 36.4 Å². The van der Waals surface area contributed by atoms with Crippen molar-refractivity contribution in [2.24, 2.45) is 5.10 Å². The van der Waals surface area contributed by atoms with Crippen LogP contribution in [-0.4, -0.2) is 28.8 Å². The van der Waals surface area contributed by atoms with Crippen molar-refractivity contribution < 1.29 is 35.8 Å². The SMILES string of the molecule is Cc1cc(F)ccc1-c1ccc(C2CC(C(O)(C(F)(F)F)C(F)(F)F)=NN2c2ccccc2Cl)cc1. The summed E-state index contributed by atoms with van der Waals surface area (Å²) < 4.78 is 94.9. The number of hydrogen-bond acceptors (Lipinski definition) is 3. The maximum atomic E-state index is 13.6. The van der Waals surface area contributed by atoms with Gasteiger partial charge in [-0.25, -0.2) is 4.39 Å². The number of rotatable bonds is 4. The number of para-hydroxylation sites is 1. The van der Waals surface area contributed by atoms with Gasteiger partial charge in [-0.1, -0.05) is 54.1 Å². The van der Waals surface area contributed by atoms with Crippen LogP contribution < -0.4 is 5.01 Å². The minimum absolute atomic E-state index is 0.0496. The fraction of sp³-hybridized carbons (Fsp3) is 0.240. The van der Waals surface area contributed by atoms with E-state index in [1.165, 1.54) is 42.5 Å². The van der Waals surface area contributed by atoms with Crippen molar-refractivity contribution >= 4 is 23.0 Å². The summed E-state index contributed by atoms with van der Waals surface area (Å²) >= 11 is 6.19. The molecule has 0 bridgehead atoms. The van der Waals surface area contributed by atoms with Gasteiger partial charge in [0.05, 0.1) is 22.5 Å². The normalized spacial score (nSPS) is 16.9. The summed E-state index contributed by atoms with van der Waals surface area (Å²) in [4.78, 5) is 0. The molecule has 1 heterocycles. The Morgan fingerprint density at radius 2 is 1.53 bits per heavy atom. The first-order valence-electron chi connectivity index (χ1n) is 10.6. The molecular weight excluding hydrogens is 513 g/mol. The Kier molecular flexibility index (Phi) is 6.55. The lowest BCUT2D eigenvalue weighted by Gasteiger charge is -2.32. The van der Waals surface area contributed by atoms with E-state index in [4.69, 9.17) is 11.6 Å². The van der Waals surface area contributed by atoms with E-state index in [0.717, 1.165) is 5.01 Å². The lowest BCUT2D eigenvalue weighted by molar-refractivity contribution is -0.338. The number of anilines is 1. The summed E-state index contributed by atoms with van der Waals surface area (Å²) in [6.45, 7) is 1.71. The monoisotopic (exact) mass is 530 g/mol. The van der Waals surface area contributed by atoms with Gasteiger partial charge in [-0.2, -0.15) is 31.4 Å². The average molecular weight is 531 g/mol. The summed E-state index contributed by atoms with van der Waals surface area (Å²) in [5.41, 5.74) is -4.20. The lowest BCUT2D eigenvalue weighted by Crippen LogP contribution is -2.62. The van der Waals surface area contributed by atoms with Crippen molar-refractivity contribution in [3.8, 4) is 11.1 Å². The van der Waals surface area contributed by atoms with E-state index in [1.54, 1.807) is 31.2 Å². The van der Waals surface area contributed by atoms with Crippen molar-refractivity contribution in [2.75, 3.05) is 5.01 Å². The lowest BCUT2D eigenvalue weighted by atomic mass is 9.89. The molecule has 0 saturated heterocycles. The van der Waals surface area contributed by atoms with Gasteiger partial charge in [0, 0.05) is 6.42 Å². The molecule has 0 amide bonds. The van der Waals surface area contributed by atoms with Gasteiger partial charge in [0.15, 0.2) is 0 Å². The first kappa shape index (κ1) is 26.0. The standard InChI is InChI=1S/C25H18ClF7N2O/c1-14-12-17(27)10-11-18(14)15-6-8-16(9-7-15)21-13-22(23(36,24(28,29)30)25(31,32)33)34-35(21)20-5-3-2-4-19(20)26/h2-12,21,36H,13H2,1H3. The molecule has 0 fully saturated rings. The van der Waals surface area contributed by atoms with E-state index >= 15 is 0 Å². The van der Waals surface area contributed by atoms with Gasteiger partial charge in [-0.05, 0) is 53.4 Å². The van der Waals surface area contributed by atoms with Gasteiger partial charge in [0.25, 0.3) is 5.60 Å². The van der Waals surface area contributed by atoms with Crippen LogP contribution in [0.1, 0.15) is 23.6 Å². The molecule has 1 aliphatic heterocycles. The van der Waals surface area contributed by atoms with Gasteiger partial charge < -0.3 is 5.11 Å². The van der Waals surface area contributed by atoms with E-state index in [1.807, 2.05) is 0 Å². The Labute approximate surface area is 206 Å². The van der Waals surface area contributed by atoms with Crippen LogP contribution in [0.2, 0.25) is 5.02 Å². The number of hydrogen-bond donors (Lipinski definition) is 1. The zero-order chi connectivity index (χ0) is 26.5. The Bertz CT molecular complexity index is 1290. The molecule has 0 saturated carbocycles. The second-order valence-electron chi connectivity index (χ2n) is 8.35. The molecule has 1 aliphatic rings. The van der Waals surface area contributed by atoms with Gasteiger partial charge in [0.1, 0.15) is 5.82 Å². The minimum atomic E-state index is -6.06. The van der Waals surface area contributed by atoms with Crippen molar-refractivity contribution in [1.29, 1.82) is 0 Å². The summed E-state index contributed by atoms with van der Waals surface area (Å²) in [5, 5.41) is 14.6. The number of alkyl halides is 6. The molecule has 36 heavy (non-hydrogen) atoms. The molecule has 1 atom stereocenters. The zero-order valence-corrected chi connectivity index (χ0v) is 19.3. The van der Waals surface area contributed by atoms with Crippen LogP contribution in [0.5, 0.6) is 0 Å². The predicted molar refractivity (Wildman–Crippen MR) is 122 cm³/mol. The largest absolute Gasteiger partial charge is 0.431 e. The van der Waals surface area contributed by atoms with Crippen molar-refractivity contribution in [3.05, 3.63) is 88.7 Å². The number of aliphatic hydroxyl groups is 1. The molecule has 1 N–H and O–H groups in total. The van der Waals surface area contributed by atoms with Crippen LogP contribution in [-0.2, 0) is 0 Å². The summed E-state index contributed by atoms with van der Waals surface area (Å²) in [6, 6.07) is 15.2. The highest BCUT2D eigenvalue weighted by atomic mass is 35.5. The van der Waals surface area contributed by atoms with Crippen LogP contribution >= 0.6 is 11.6 Å². The van der Waals surface area contributed by atoms with Crippen LogP contribution in [0, 0.1) is 12.7 Å². The fourth-order valence-electron chi connectivity index (χ4n) is 4.17. The second kappa shape index (κ2) is 9.08. The van der Waals surface area contributed by atoms with Gasteiger partial charge in [-0.15, -0.1) is 0 Å². The Balaban J connectivity index is 1.79. The zero-order valence-electron chi connectivity index (χ0n) is 18.5. The highest BCUT2D eigenvalue weighted by molar-refractivity contribution is 6.33. The first-order valence-corrected chi connectivity index (χ1v) is 11.0. The maximum absolute atomic E-state index is 13.6. The Morgan fingerprint density at radius 1 is 0.917 bits per heavy atom. The molecule has 4 rings (SSSR count). The third kappa shape index (κ3) is 4.43. The van der Waals surface area contributed by atoms with Crippen molar-refractivity contribution in [2.45, 2.75) is 37.3 Å². The van der Waals surface area contributed by atoms with E-state index < -0.39 is 41.9 Å². The number of nitrogens with zero attached hydrogens (tertiary/aromatic N) is 2. The smallest absolute Gasteiger partial charge is 0.369 e. The molecular formula is C25H18ClF7N2O. The predicted octanol–water partition coefficient (Wildman–Crippen LogP) is 7.62. The fourth-order valence-corrected chi connectivity index (χ4v) is 4.39. The first-order chi connectivity index (χ1) is 16.7. The Hall–Kier alpha value is -3.11. The number of aryl methyl sites for hydroxylation is 1. The van der Waals surface area contributed by atoms with E-state index in [2.05, 4.69) is 5.10 Å². The van der Waals surface area contributed by atoms with Crippen LogP contribution in [0.15, 0.2) is 71.8 Å². The average Bonchev–Trinajstić information content (AvgIpc) is 3.23. The van der Waals surface area contributed by atoms with Gasteiger partial charge in [-0.3, -0.25) is 5.01 Å². The molecule has 0 aromatic heterocycles. The third-order valence-electron chi connectivity index (χ3n) is 6.04. The molecule has 0 radical (unpaired) electrons. The number of benzene rings is 3. The number of halogens is 8.